The van der Waals surface area contributed by atoms with Crippen LogP contribution < -0.4 is 10.6 Å². The number of nitrogens with one attached hydrogen (secondary N) is 2. The number of halogens is 1. The molecule has 0 radical (unpaired) electrons. The number of nitrogens with zero attached hydrogens (tertiary/aromatic N) is 2. The van der Waals surface area contributed by atoms with Gasteiger partial charge >= 0.3 is 0 Å². The highest BCUT2D eigenvalue weighted by Crippen LogP contribution is 2.12. The molecule has 122 valence electrons. The Bertz CT molecular complexity index is 702. The van der Waals surface area contributed by atoms with E-state index in [2.05, 4.69) is 38.4 Å². The number of likely N-dealkylation sites (N-methyl/N-ethyl adjacent to an activating group) is 1. The molecule has 7 nitrogen and oxygen atoms in total. The number of benzene rings is 1. The summed E-state index contributed by atoms with van der Waals surface area (Å²) in [6.07, 6.45) is 0. The topological polar surface area (TPSA) is 87.5 Å². The number of aromatic nitrogens is 1. The second kappa shape index (κ2) is 8.06. The Morgan fingerprint density at radius 3 is 2.52 bits per heavy atom. The third-order valence-electron chi connectivity index (χ3n) is 2.83. The zero-order valence-corrected chi connectivity index (χ0v) is 15.0. The van der Waals surface area contributed by atoms with Crippen molar-refractivity contribution in [2.75, 3.05) is 30.8 Å². The van der Waals surface area contributed by atoms with Crippen LogP contribution in [0.4, 0.5) is 11.5 Å². The zero-order chi connectivity index (χ0) is 16.8. The number of carbonyl (C=O) groups is 2. The summed E-state index contributed by atoms with van der Waals surface area (Å²) in [5, 5.41) is 9.08. The van der Waals surface area contributed by atoms with Gasteiger partial charge in [-0.3, -0.25) is 14.5 Å². The normalized spacial score (nSPS) is 10.6. The first-order chi connectivity index (χ1) is 10.9. The Hall–Kier alpha value is -1.94. The quantitative estimate of drug-likeness (QED) is 0.689. The summed E-state index contributed by atoms with van der Waals surface area (Å²) in [5.74, 6) is 0.539. The first kappa shape index (κ1) is 17.4. The number of hydrogen-bond donors (Lipinski definition) is 2. The third-order valence-corrected chi connectivity index (χ3v) is 3.50. The monoisotopic (exact) mass is 428 g/mol. The molecule has 8 heteroatoms. The summed E-state index contributed by atoms with van der Waals surface area (Å²) in [7, 11) is 1.70. The fourth-order valence-corrected chi connectivity index (χ4v) is 2.46. The van der Waals surface area contributed by atoms with Crippen molar-refractivity contribution in [2.45, 2.75) is 6.92 Å². The van der Waals surface area contributed by atoms with Gasteiger partial charge in [0.2, 0.25) is 11.8 Å². The van der Waals surface area contributed by atoms with Gasteiger partial charge in [-0.05, 0) is 54.8 Å². The van der Waals surface area contributed by atoms with Crippen molar-refractivity contribution in [3.8, 4) is 0 Å². The predicted octanol–water partition coefficient (Wildman–Crippen LogP) is 2.10. The van der Waals surface area contributed by atoms with E-state index in [1.807, 2.05) is 24.3 Å². The maximum Gasteiger partial charge on any atom is 0.239 e. The maximum absolute atomic E-state index is 12.0. The van der Waals surface area contributed by atoms with E-state index < -0.39 is 0 Å². The smallest absolute Gasteiger partial charge is 0.239 e. The van der Waals surface area contributed by atoms with Crippen molar-refractivity contribution < 1.29 is 14.1 Å². The number of aryl methyl sites for hydroxylation is 1. The Morgan fingerprint density at radius 2 is 1.91 bits per heavy atom. The Morgan fingerprint density at radius 1 is 1.22 bits per heavy atom. The Kier molecular flexibility index (Phi) is 6.11. The van der Waals surface area contributed by atoms with Gasteiger partial charge in [0.05, 0.1) is 13.1 Å². The van der Waals surface area contributed by atoms with Gasteiger partial charge < -0.3 is 15.2 Å². The lowest BCUT2D eigenvalue weighted by Crippen LogP contribution is -2.36. The van der Waals surface area contributed by atoms with Crippen molar-refractivity contribution in [3.05, 3.63) is 39.7 Å². The molecule has 23 heavy (non-hydrogen) atoms. The highest BCUT2D eigenvalue weighted by Gasteiger charge is 2.12. The molecule has 0 fully saturated rings. The van der Waals surface area contributed by atoms with E-state index in [4.69, 9.17) is 4.52 Å². The molecule has 1 aromatic carbocycles. The molecule has 0 aliphatic rings. The summed E-state index contributed by atoms with van der Waals surface area (Å²) in [6, 6.07) is 9.13. The van der Waals surface area contributed by atoms with Crippen molar-refractivity contribution in [1.29, 1.82) is 0 Å². The van der Waals surface area contributed by atoms with E-state index in [9.17, 15) is 9.59 Å². The molecule has 2 rings (SSSR count). The number of carbonyl (C=O) groups excluding carboxylic acids is 2. The lowest BCUT2D eigenvalue weighted by molar-refractivity contribution is -0.119. The second-order valence-corrected chi connectivity index (χ2v) is 6.35. The van der Waals surface area contributed by atoms with Crippen LogP contribution in [0.15, 0.2) is 34.9 Å². The van der Waals surface area contributed by atoms with Gasteiger partial charge in [-0.2, -0.15) is 0 Å². The van der Waals surface area contributed by atoms with E-state index in [1.165, 1.54) is 0 Å². The van der Waals surface area contributed by atoms with Crippen LogP contribution in [0.5, 0.6) is 0 Å². The van der Waals surface area contributed by atoms with Crippen LogP contribution in [0.1, 0.15) is 5.76 Å². The van der Waals surface area contributed by atoms with Crippen LogP contribution in [0.3, 0.4) is 0 Å². The van der Waals surface area contributed by atoms with Gasteiger partial charge in [0.15, 0.2) is 5.82 Å². The van der Waals surface area contributed by atoms with Gasteiger partial charge in [-0.25, -0.2) is 0 Å². The van der Waals surface area contributed by atoms with Crippen LogP contribution in [0.25, 0.3) is 0 Å². The molecule has 1 heterocycles. The van der Waals surface area contributed by atoms with Gasteiger partial charge in [-0.15, -0.1) is 0 Å². The minimum atomic E-state index is -0.261. The molecular weight excluding hydrogens is 411 g/mol. The average Bonchev–Trinajstić information content (AvgIpc) is 2.83. The van der Waals surface area contributed by atoms with E-state index in [0.717, 1.165) is 9.26 Å². The Labute approximate surface area is 147 Å². The number of amides is 2. The van der Waals surface area contributed by atoms with Crippen LogP contribution >= 0.6 is 22.6 Å². The molecule has 0 unspecified atom stereocenters. The van der Waals surface area contributed by atoms with E-state index in [-0.39, 0.29) is 24.9 Å². The maximum atomic E-state index is 12.0. The van der Waals surface area contributed by atoms with Gasteiger partial charge in [0.25, 0.3) is 0 Å². The average molecular weight is 428 g/mol. The molecule has 0 atom stereocenters. The van der Waals surface area contributed by atoms with E-state index in [0.29, 0.717) is 11.6 Å². The molecule has 0 aliphatic heterocycles. The largest absolute Gasteiger partial charge is 0.360 e. The molecule has 2 aromatic rings. The lowest BCUT2D eigenvalue weighted by atomic mass is 10.3. The highest BCUT2D eigenvalue weighted by molar-refractivity contribution is 14.1. The second-order valence-electron chi connectivity index (χ2n) is 5.10. The SMILES string of the molecule is Cc1cc(NC(=O)CN(C)CC(=O)Nc2cccc(I)c2)no1. The number of rotatable bonds is 6. The van der Waals surface area contributed by atoms with Crippen LogP contribution in [-0.2, 0) is 9.59 Å². The first-order valence-electron chi connectivity index (χ1n) is 6.89. The minimum absolute atomic E-state index is 0.0751. The van der Waals surface area contributed by atoms with Crippen molar-refractivity contribution in [2.24, 2.45) is 0 Å². The molecule has 0 spiro atoms. The molecular formula is C15H17IN4O3. The summed E-state index contributed by atoms with van der Waals surface area (Å²) < 4.78 is 5.91. The highest BCUT2D eigenvalue weighted by atomic mass is 127. The van der Waals surface area contributed by atoms with E-state index >= 15 is 0 Å². The van der Waals surface area contributed by atoms with Crippen molar-refractivity contribution >= 4 is 45.9 Å². The molecule has 0 saturated carbocycles. The molecule has 2 amide bonds. The van der Waals surface area contributed by atoms with Gasteiger partial charge in [0.1, 0.15) is 5.76 Å². The lowest BCUT2D eigenvalue weighted by Gasteiger charge is -2.15. The van der Waals surface area contributed by atoms with Crippen LogP contribution in [-0.4, -0.2) is 42.0 Å². The molecule has 0 saturated heterocycles. The molecule has 0 aliphatic carbocycles. The summed E-state index contributed by atoms with van der Waals surface area (Å²) >= 11 is 2.18. The first-order valence-corrected chi connectivity index (χ1v) is 7.97. The molecule has 0 bridgehead atoms. The summed E-state index contributed by atoms with van der Waals surface area (Å²) in [4.78, 5) is 25.4. The van der Waals surface area contributed by atoms with Crippen LogP contribution in [0.2, 0.25) is 0 Å². The fraction of sp³-hybridized carbons (Fsp3) is 0.267. The molecule has 2 N–H and O–H groups in total. The van der Waals surface area contributed by atoms with Crippen molar-refractivity contribution in [3.63, 3.8) is 0 Å². The number of anilines is 2. The van der Waals surface area contributed by atoms with Gasteiger partial charge in [-0.1, -0.05) is 11.2 Å². The van der Waals surface area contributed by atoms with Crippen LogP contribution in [0, 0.1) is 10.5 Å². The summed E-state index contributed by atoms with van der Waals surface area (Å²) in [6.45, 7) is 1.92. The molecule has 1 aromatic heterocycles. The van der Waals surface area contributed by atoms with Gasteiger partial charge in [0, 0.05) is 15.3 Å². The Balaban J connectivity index is 1.78. The fourth-order valence-electron chi connectivity index (χ4n) is 1.92. The zero-order valence-electron chi connectivity index (χ0n) is 12.8. The van der Waals surface area contributed by atoms with Crippen molar-refractivity contribution in [1.82, 2.24) is 10.1 Å². The summed E-state index contributed by atoms with van der Waals surface area (Å²) in [5.41, 5.74) is 0.734. The standard InChI is InChI=1S/C15H17IN4O3/c1-10-6-13(19-23-10)18-15(22)9-20(2)8-14(21)17-12-5-3-4-11(16)7-12/h3-7H,8-9H2,1-2H3,(H,17,21)(H,18,19,22). The van der Waals surface area contributed by atoms with E-state index in [1.54, 1.807) is 24.9 Å². The minimum Gasteiger partial charge on any atom is -0.360 e. The predicted molar refractivity (Wildman–Crippen MR) is 95.2 cm³/mol. The number of hydrogen-bond acceptors (Lipinski definition) is 5. The third kappa shape index (κ3) is 5.99.